The van der Waals surface area contributed by atoms with Gasteiger partial charge >= 0.3 is 0 Å². The van der Waals surface area contributed by atoms with Gasteiger partial charge in [0, 0.05) is 17.9 Å². The zero-order chi connectivity index (χ0) is 15.1. The molecular weight excluding hydrogens is 278 g/mol. The maximum Gasteiger partial charge on any atom is 0.125 e. The lowest BCUT2D eigenvalue weighted by molar-refractivity contribution is -0.109. The van der Waals surface area contributed by atoms with E-state index in [1.807, 2.05) is 0 Å². The molecule has 0 aromatic carbocycles. The molecule has 1 spiro atoms. The number of hydrogen-bond acceptors (Lipinski definition) is 4. The molecule has 2 heterocycles. The molecule has 7 unspecified atom stereocenters. The third-order valence-electron chi connectivity index (χ3n) is 7.28. The summed E-state index contributed by atoms with van der Waals surface area (Å²) in [6, 6.07) is 0.620. The molecule has 22 heavy (non-hydrogen) atoms. The molecule has 0 aromatic heterocycles. The van der Waals surface area contributed by atoms with Crippen LogP contribution in [0.15, 0.2) is 23.5 Å². The molecule has 5 aliphatic rings. The van der Waals surface area contributed by atoms with Gasteiger partial charge in [0.2, 0.25) is 0 Å². The molecule has 4 fully saturated rings. The largest absolute Gasteiger partial charge is 0.498 e. The summed E-state index contributed by atoms with van der Waals surface area (Å²) in [6.07, 6.45) is 8.50. The van der Waals surface area contributed by atoms with Gasteiger partial charge in [0.25, 0.3) is 0 Å². The highest BCUT2D eigenvalue weighted by molar-refractivity contribution is 5.37. The van der Waals surface area contributed by atoms with Crippen LogP contribution in [0.1, 0.15) is 25.7 Å². The highest BCUT2D eigenvalue weighted by atomic mass is 16.6. The fourth-order valence-corrected chi connectivity index (χ4v) is 6.35. The highest BCUT2D eigenvalue weighted by Gasteiger charge is 2.67. The van der Waals surface area contributed by atoms with Crippen LogP contribution >= 0.6 is 0 Å². The van der Waals surface area contributed by atoms with Crippen molar-refractivity contribution in [2.24, 2.45) is 17.3 Å². The van der Waals surface area contributed by atoms with Gasteiger partial charge in [-0.3, -0.25) is 0 Å². The van der Waals surface area contributed by atoms with Crippen LogP contribution in [0.25, 0.3) is 0 Å². The van der Waals surface area contributed by atoms with Crippen molar-refractivity contribution < 1.29 is 14.6 Å². The smallest absolute Gasteiger partial charge is 0.125 e. The van der Waals surface area contributed by atoms with Crippen LogP contribution in [-0.4, -0.2) is 55.1 Å². The number of allylic oxidation sites excluding steroid dienone is 2. The molecule has 0 radical (unpaired) electrons. The fourth-order valence-electron chi connectivity index (χ4n) is 6.35. The predicted molar refractivity (Wildman–Crippen MR) is 82.1 cm³/mol. The Kier molecular flexibility index (Phi) is 2.70. The number of rotatable bonds is 1. The average molecular weight is 303 g/mol. The van der Waals surface area contributed by atoms with E-state index >= 15 is 0 Å². The molecule has 2 aliphatic heterocycles. The minimum atomic E-state index is -0.315. The lowest BCUT2D eigenvalue weighted by Gasteiger charge is -2.54. The lowest BCUT2D eigenvalue weighted by atomic mass is 9.51. The fraction of sp³-hybridized carbons (Fsp3) is 0.778. The molecule has 0 aromatic rings. The molecule has 5 rings (SSSR count). The van der Waals surface area contributed by atoms with Crippen LogP contribution in [-0.2, 0) is 9.47 Å². The molecule has 0 amide bonds. The van der Waals surface area contributed by atoms with Gasteiger partial charge in [-0.2, -0.15) is 0 Å². The van der Waals surface area contributed by atoms with Crippen LogP contribution in [0, 0.1) is 17.3 Å². The van der Waals surface area contributed by atoms with E-state index in [0.29, 0.717) is 23.3 Å². The molecule has 0 bridgehead atoms. The van der Waals surface area contributed by atoms with Crippen LogP contribution < -0.4 is 0 Å². The lowest BCUT2D eigenvalue weighted by Crippen LogP contribution is -2.57. The number of hydrogen-bond donors (Lipinski definition) is 1. The van der Waals surface area contributed by atoms with Gasteiger partial charge in [0.1, 0.15) is 11.9 Å². The van der Waals surface area contributed by atoms with E-state index in [0.717, 1.165) is 25.0 Å². The number of nitrogens with zero attached hydrogens (tertiary/aromatic N) is 1. The summed E-state index contributed by atoms with van der Waals surface area (Å²) in [4.78, 5) is 2.55. The summed E-state index contributed by atoms with van der Waals surface area (Å²) >= 11 is 0. The van der Waals surface area contributed by atoms with E-state index in [1.165, 1.54) is 18.5 Å². The Hall–Kier alpha value is -0.840. The van der Waals surface area contributed by atoms with Crippen molar-refractivity contribution >= 4 is 0 Å². The van der Waals surface area contributed by atoms with Crippen molar-refractivity contribution in [1.82, 2.24) is 4.90 Å². The van der Waals surface area contributed by atoms with Gasteiger partial charge in [-0.25, -0.2) is 0 Å². The predicted octanol–water partition coefficient (Wildman–Crippen LogP) is 1.71. The summed E-state index contributed by atoms with van der Waals surface area (Å²) in [5.74, 6) is 1.81. The monoisotopic (exact) mass is 303 g/mol. The molecule has 120 valence electrons. The van der Waals surface area contributed by atoms with Gasteiger partial charge in [0.05, 0.1) is 19.3 Å². The second-order valence-electron chi connectivity index (χ2n) is 7.88. The van der Waals surface area contributed by atoms with Crippen molar-refractivity contribution in [2.45, 2.75) is 50.0 Å². The standard InChI is InChI=1S/C18H25NO3/c1-19-8-7-18-6-5-11(20)16-15(18)14-10(9-13(18)19)3-4-12(21-2)17(14)22-16/h3-4,11,13-17,20H,5-9H2,1-2H3. The van der Waals surface area contributed by atoms with E-state index in [1.54, 1.807) is 7.11 Å². The van der Waals surface area contributed by atoms with Crippen molar-refractivity contribution in [2.75, 3.05) is 20.7 Å². The van der Waals surface area contributed by atoms with Crippen molar-refractivity contribution in [3.8, 4) is 0 Å². The summed E-state index contributed by atoms with van der Waals surface area (Å²) in [5.41, 5.74) is 1.85. The first-order chi connectivity index (χ1) is 10.7. The van der Waals surface area contributed by atoms with Crippen LogP contribution in [0.5, 0.6) is 0 Å². The van der Waals surface area contributed by atoms with E-state index in [2.05, 4.69) is 24.1 Å². The SMILES string of the molecule is COC1=CC=C2CC3N(C)CCC34CCC(O)C3OC1C2C34. The summed E-state index contributed by atoms with van der Waals surface area (Å²) in [6.45, 7) is 1.18. The first-order valence-corrected chi connectivity index (χ1v) is 8.64. The number of methoxy groups -OCH3 is 1. The summed E-state index contributed by atoms with van der Waals surface area (Å²) < 4.78 is 12.0. The number of likely N-dealkylation sites (tertiary alicyclic amines) is 1. The second-order valence-corrected chi connectivity index (χ2v) is 7.88. The Balaban J connectivity index is 1.66. The quantitative estimate of drug-likeness (QED) is 0.801. The van der Waals surface area contributed by atoms with Crippen molar-refractivity contribution in [3.05, 3.63) is 23.5 Å². The molecule has 2 saturated heterocycles. The van der Waals surface area contributed by atoms with E-state index in [4.69, 9.17) is 9.47 Å². The molecule has 4 nitrogen and oxygen atoms in total. The van der Waals surface area contributed by atoms with E-state index < -0.39 is 0 Å². The number of aliphatic hydroxyl groups excluding tert-OH is 1. The topological polar surface area (TPSA) is 41.9 Å². The molecule has 2 saturated carbocycles. The minimum Gasteiger partial charge on any atom is -0.498 e. The molecule has 4 heteroatoms. The summed E-state index contributed by atoms with van der Waals surface area (Å²) in [7, 11) is 4.00. The minimum absolute atomic E-state index is 0.0156. The van der Waals surface area contributed by atoms with Gasteiger partial charge in [-0.15, -0.1) is 0 Å². The van der Waals surface area contributed by atoms with Gasteiger partial charge in [-0.05, 0) is 50.8 Å². The van der Waals surface area contributed by atoms with E-state index in [-0.39, 0.29) is 18.3 Å². The summed E-state index contributed by atoms with van der Waals surface area (Å²) in [5, 5.41) is 10.6. The Labute approximate surface area is 131 Å². The molecule has 1 N–H and O–H groups in total. The molecule has 3 aliphatic carbocycles. The third kappa shape index (κ3) is 1.44. The zero-order valence-electron chi connectivity index (χ0n) is 13.4. The van der Waals surface area contributed by atoms with Crippen molar-refractivity contribution in [1.29, 1.82) is 0 Å². The Bertz CT molecular complexity index is 571. The Morgan fingerprint density at radius 1 is 1.36 bits per heavy atom. The van der Waals surface area contributed by atoms with Gasteiger partial charge < -0.3 is 19.5 Å². The van der Waals surface area contributed by atoms with Crippen LogP contribution in [0.4, 0.5) is 0 Å². The maximum absolute atomic E-state index is 10.6. The average Bonchev–Trinajstić information content (AvgIpc) is 3.08. The van der Waals surface area contributed by atoms with Gasteiger partial charge in [-0.1, -0.05) is 11.6 Å². The van der Waals surface area contributed by atoms with Crippen LogP contribution in [0.2, 0.25) is 0 Å². The number of aliphatic hydroxyl groups is 1. The maximum atomic E-state index is 10.6. The highest BCUT2D eigenvalue weighted by Crippen LogP contribution is 2.65. The number of ether oxygens (including phenoxy) is 2. The van der Waals surface area contributed by atoms with E-state index in [9.17, 15) is 5.11 Å². The third-order valence-corrected chi connectivity index (χ3v) is 7.28. The first kappa shape index (κ1) is 13.6. The molecule has 7 atom stereocenters. The Morgan fingerprint density at radius 2 is 2.23 bits per heavy atom. The second kappa shape index (κ2) is 4.37. The Morgan fingerprint density at radius 3 is 3.05 bits per heavy atom. The van der Waals surface area contributed by atoms with Gasteiger partial charge in [0.15, 0.2) is 0 Å². The normalized spacial score (nSPS) is 52.7. The molecular formula is C18H25NO3. The first-order valence-electron chi connectivity index (χ1n) is 8.64. The van der Waals surface area contributed by atoms with Crippen LogP contribution in [0.3, 0.4) is 0 Å². The van der Waals surface area contributed by atoms with Crippen molar-refractivity contribution in [3.63, 3.8) is 0 Å². The zero-order valence-corrected chi connectivity index (χ0v) is 13.4.